The average Bonchev–Trinajstić information content (AvgIpc) is 2.33. The van der Waals surface area contributed by atoms with Crippen molar-refractivity contribution in [2.75, 3.05) is 13.1 Å². The van der Waals surface area contributed by atoms with Gasteiger partial charge in [-0.05, 0) is 54.0 Å². The van der Waals surface area contributed by atoms with Crippen LogP contribution in [0.4, 0.5) is 0 Å². The maximum Gasteiger partial charge on any atom is 0.109 e. The number of thioether (sulfide) groups is 1. The Morgan fingerprint density at radius 2 is 2.00 bits per heavy atom. The topological polar surface area (TPSA) is 35.8 Å². The zero-order valence-corrected chi connectivity index (χ0v) is 11.3. The van der Waals surface area contributed by atoms with Crippen molar-refractivity contribution in [2.45, 2.75) is 22.5 Å². The summed E-state index contributed by atoms with van der Waals surface area (Å²) in [4.78, 5) is 1.16. The molecule has 0 unspecified atom stereocenters. The number of hydrogen-bond acceptors (Lipinski definition) is 3. The minimum absolute atomic E-state index is 0.255. The lowest BCUT2D eigenvalue weighted by Gasteiger charge is -2.30. The van der Waals surface area contributed by atoms with Gasteiger partial charge in [-0.2, -0.15) is 5.26 Å². The summed E-state index contributed by atoms with van der Waals surface area (Å²) < 4.78 is 0.822. The van der Waals surface area contributed by atoms with Crippen molar-refractivity contribution in [3.05, 3.63) is 28.7 Å². The van der Waals surface area contributed by atoms with Crippen molar-refractivity contribution in [1.82, 2.24) is 5.32 Å². The molecular weight excluding hydrogens is 284 g/mol. The van der Waals surface area contributed by atoms with Gasteiger partial charge in [-0.3, -0.25) is 0 Å². The number of rotatable bonds is 2. The van der Waals surface area contributed by atoms with Crippen LogP contribution in [0.2, 0.25) is 0 Å². The highest BCUT2D eigenvalue weighted by Gasteiger charge is 2.33. The molecule has 2 nitrogen and oxygen atoms in total. The average molecular weight is 297 g/mol. The number of nitrogens with zero attached hydrogens (tertiary/aromatic N) is 1. The standard InChI is InChI=1S/C12H13BrN2S/c13-10-3-1-2-4-11(10)16-12(9-14)5-7-15-8-6-12/h1-4,15H,5-8H2. The van der Waals surface area contributed by atoms with Crippen LogP contribution in [0.15, 0.2) is 33.6 Å². The second kappa shape index (κ2) is 5.22. The van der Waals surface area contributed by atoms with E-state index in [1.807, 2.05) is 18.2 Å². The molecule has 0 aromatic heterocycles. The maximum absolute atomic E-state index is 9.38. The summed E-state index contributed by atoms with van der Waals surface area (Å²) in [6, 6.07) is 10.6. The van der Waals surface area contributed by atoms with Crippen LogP contribution in [0.25, 0.3) is 0 Å². The highest BCUT2D eigenvalue weighted by Crippen LogP contribution is 2.41. The van der Waals surface area contributed by atoms with E-state index >= 15 is 0 Å². The summed E-state index contributed by atoms with van der Waals surface area (Å²) in [6.07, 6.45) is 1.82. The van der Waals surface area contributed by atoms with Gasteiger partial charge in [0.15, 0.2) is 0 Å². The molecule has 1 aliphatic rings. The van der Waals surface area contributed by atoms with E-state index in [1.165, 1.54) is 0 Å². The Balaban J connectivity index is 2.19. The van der Waals surface area contributed by atoms with Gasteiger partial charge in [0.2, 0.25) is 0 Å². The van der Waals surface area contributed by atoms with Gasteiger partial charge in [-0.25, -0.2) is 0 Å². The molecule has 0 saturated carbocycles. The highest BCUT2D eigenvalue weighted by atomic mass is 79.9. The molecule has 16 heavy (non-hydrogen) atoms. The van der Waals surface area contributed by atoms with Gasteiger partial charge in [0.25, 0.3) is 0 Å². The summed E-state index contributed by atoms with van der Waals surface area (Å²) in [5.74, 6) is 0. The molecule has 0 atom stereocenters. The first-order chi connectivity index (χ1) is 7.76. The third-order valence-corrected chi connectivity index (χ3v) is 5.18. The van der Waals surface area contributed by atoms with Crippen LogP contribution in [-0.2, 0) is 0 Å². The zero-order valence-electron chi connectivity index (χ0n) is 8.87. The number of hydrogen-bond donors (Lipinski definition) is 1. The molecule has 1 aromatic carbocycles. The maximum atomic E-state index is 9.38. The van der Waals surface area contributed by atoms with Gasteiger partial charge in [-0.15, -0.1) is 11.8 Å². The monoisotopic (exact) mass is 296 g/mol. The van der Waals surface area contributed by atoms with Gasteiger partial charge < -0.3 is 5.32 Å². The molecule has 1 heterocycles. The minimum atomic E-state index is -0.255. The molecule has 1 saturated heterocycles. The smallest absolute Gasteiger partial charge is 0.109 e. The first-order valence-electron chi connectivity index (χ1n) is 5.31. The molecule has 0 aliphatic carbocycles. The number of halogens is 1. The molecule has 1 aromatic rings. The molecule has 2 rings (SSSR count). The normalized spacial score (nSPS) is 19.0. The second-order valence-electron chi connectivity index (χ2n) is 3.89. The molecule has 0 bridgehead atoms. The van der Waals surface area contributed by atoms with Crippen molar-refractivity contribution in [3.8, 4) is 6.07 Å². The van der Waals surface area contributed by atoms with E-state index in [-0.39, 0.29) is 4.75 Å². The second-order valence-corrected chi connectivity index (χ2v) is 6.17. The summed E-state index contributed by atoms with van der Waals surface area (Å²) in [6.45, 7) is 1.87. The van der Waals surface area contributed by atoms with E-state index in [4.69, 9.17) is 0 Å². The van der Waals surface area contributed by atoms with Crippen molar-refractivity contribution in [2.24, 2.45) is 0 Å². The Morgan fingerprint density at radius 1 is 1.31 bits per heavy atom. The lowest BCUT2D eigenvalue weighted by atomic mass is 9.99. The number of piperidine rings is 1. The van der Waals surface area contributed by atoms with Crippen LogP contribution in [0.5, 0.6) is 0 Å². The molecule has 4 heteroatoms. The predicted octanol–water partition coefficient (Wildman–Crippen LogP) is 3.19. The first kappa shape index (κ1) is 12.0. The largest absolute Gasteiger partial charge is 0.317 e. The van der Waals surface area contributed by atoms with Crippen molar-refractivity contribution in [3.63, 3.8) is 0 Å². The zero-order chi connectivity index (χ0) is 11.4. The Labute approximate surface area is 109 Å². The molecule has 1 aliphatic heterocycles. The highest BCUT2D eigenvalue weighted by molar-refractivity contribution is 9.10. The molecule has 1 fully saturated rings. The van der Waals surface area contributed by atoms with E-state index in [0.29, 0.717) is 0 Å². The third kappa shape index (κ3) is 2.60. The predicted molar refractivity (Wildman–Crippen MR) is 70.4 cm³/mol. The molecule has 0 spiro atoms. The van der Waals surface area contributed by atoms with Crippen LogP contribution in [-0.4, -0.2) is 17.8 Å². The molecule has 0 radical (unpaired) electrons. The van der Waals surface area contributed by atoms with Gasteiger partial charge in [0, 0.05) is 9.37 Å². The lowest BCUT2D eigenvalue weighted by Crippen LogP contribution is -2.38. The van der Waals surface area contributed by atoms with Gasteiger partial charge >= 0.3 is 0 Å². The van der Waals surface area contributed by atoms with Crippen LogP contribution in [0, 0.1) is 11.3 Å². The SMILES string of the molecule is N#CC1(Sc2ccccc2Br)CCNCC1. The Bertz CT molecular complexity index is 408. The van der Waals surface area contributed by atoms with Gasteiger partial charge in [0.1, 0.15) is 4.75 Å². The summed E-state index contributed by atoms with van der Waals surface area (Å²) in [5.41, 5.74) is 0. The fraction of sp³-hybridized carbons (Fsp3) is 0.417. The number of nitrogens with one attached hydrogen (secondary N) is 1. The van der Waals surface area contributed by atoms with Crippen molar-refractivity contribution in [1.29, 1.82) is 5.26 Å². The van der Waals surface area contributed by atoms with Crippen LogP contribution in [0.3, 0.4) is 0 Å². The summed E-state index contributed by atoms with van der Waals surface area (Å²) in [5, 5.41) is 12.7. The quantitative estimate of drug-likeness (QED) is 0.910. The van der Waals surface area contributed by atoms with Crippen LogP contribution in [0.1, 0.15) is 12.8 Å². The lowest BCUT2D eigenvalue weighted by molar-refractivity contribution is 0.476. The third-order valence-electron chi connectivity index (χ3n) is 2.76. The minimum Gasteiger partial charge on any atom is -0.317 e. The summed E-state index contributed by atoms with van der Waals surface area (Å²) in [7, 11) is 0. The number of benzene rings is 1. The van der Waals surface area contributed by atoms with E-state index in [2.05, 4.69) is 33.4 Å². The fourth-order valence-electron chi connectivity index (χ4n) is 1.81. The van der Waals surface area contributed by atoms with Crippen molar-refractivity contribution >= 4 is 27.7 Å². The van der Waals surface area contributed by atoms with Gasteiger partial charge in [-0.1, -0.05) is 12.1 Å². The molecular formula is C12H13BrN2S. The molecule has 0 amide bonds. The molecule has 1 N–H and O–H groups in total. The summed E-state index contributed by atoms with van der Waals surface area (Å²) >= 11 is 5.22. The van der Waals surface area contributed by atoms with E-state index in [9.17, 15) is 5.26 Å². The fourth-order valence-corrected chi connectivity index (χ4v) is 3.52. The Hall–Kier alpha value is -0.500. The Morgan fingerprint density at radius 3 is 2.62 bits per heavy atom. The van der Waals surface area contributed by atoms with Crippen LogP contribution >= 0.6 is 27.7 Å². The van der Waals surface area contributed by atoms with Crippen LogP contribution < -0.4 is 5.32 Å². The van der Waals surface area contributed by atoms with E-state index < -0.39 is 0 Å². The Kier molecular flexibility index (Phi) is 3.91. The first-order valence-corrected chi connectivity index (χ1v) is 6.92. The van der Waals surface area contributed by atoms with Gasteiger partial charge in [0.05, 0.1) is 6.07 Å². The van der Waals surface area contributed by atoms with Crippen molar-refractivity contribution < 1.29 is 0 Å². The molecule has 84 valence electrons. The number of nitriles is 1. The van der Waals surface area contributed by atoms with E-state index in [1.54, 1.807) is 11.8 Å². The van der Waals surface area contributed by atoms with E-state index in [0.717, 1.165) is 35.3 Å².